The predicted octanol–water partition coefficient (Wildman–Crippen LogP) is 3.69. The number of ketones is 1. The van der Waals surface area contributed by atoms with Crippen LogP contribution < -0.4 is 5.73 Å². The standard InChI is InChI=1S/C13H16ClNO/c1-13(6-2-3-7-13)12(16)10-5-4-9(15)8-11(10)14/h4-5,8H,2-3,6-7,15H2,1H3. The van der Waals surface area contributed by atoms with E-state index in [0.29, 0.717) is 16.3 Å². The van der Waals surface area contributed by atoms with E-state index in [1.54, 1.807) is 18.2 Å². The van der Waals surface area contributed by atoms with Crippen LogP contribution in [-0.4, -0.2) is 5.78 Å². The highest BCUT2D eigenvalue weighted by molar-refractivity contribution is 6.34. The smallest absolute Gasteiger partial charge is 0.170 e. The van der Waals surface area contributed by atoms with Crippen molar-refractivity contribution in [1.29, 1.82) is 0 Å². The molecule has 1 aromatic carbocycles. The molecule has 0 amide bonds. The Morgan fingerprint density at radius 3 is 2.56 bits per heavy atom. The highest BCUT2D eigenvalue weighted by Gasteiger charge is 2.37. The van der Waals surface area contributed by atoms with Crippen molar-refractivity contribution in [3.63, 3.8) is 0 Å². The molecule has 0 saturated heterocycles. The first-order chi connectivity index (χ1) is 7.53. The summed E-state index contributed by atoms with van der Waals surface area (Å²) >= 11 is 6.06. The van der Waals surface area contributed by atoms with E-state index in [2.05, 4.69) is 0 Å². The summed E-state index contributed by atoms with van der Waals surface area (Å²) in [6.45, 7) is 2.04. The van der Waals surface area contributed by atoms with E-state index in [4.69, 9.17) is 17.3 Å². The summed E-state index contributed by atoms with van der Waals surface area (Å²) in [5, 5.41) is 0.470. The molecule has 86 valence electrons. The van der Waals surface area contributed by atoms with E-state index in [1.807, 2.05) is 6.92 Å². The van der Waals surface area contributed by atoms with E-state index >= 15 is 0 Å². The van der Waals surface area contributed by atoms with Crippen LogP contribution in [-0.2, 0) is 0 Å². The van der Waals surface area contributed by atoms with Crippen LogP contribution >= 0.6 is 11.6 Å². The van der Waals surface area contributed by atoms with Gasteiger partial charge in [0.15, 0.2) is 5.78 Å². The Balaban J connectivity index is 2.33. The average molecular weight is 238 g/mol. The van der Waals surface area contributed by atoms with Gasteiger partial charge in [0.05, 0.1) is 5.02 Å². The van der Waals surface area contributed by atoms with Crippen LogP contribution in [0.1, 0.15) is 43.0 Å². The molecule has 2 rings (SSSR count). The third kappa shape index (κ3) is 1.94. The number of Topliss-reactive ketones (excluding diaryl/α,β-unsaturated/α-hetero) is 1. The van der Waals surface area contributed by atoms with Crippen LogP contribution in [0.25, 0.3) is 0 Å². The highest BCUT2D eigenvalue weighted by atomic mass is 35.5. The van der Waals surface area contributed by atoms with Crippen molar-refractivity contribution in [2.45, 2.75) is 32.6 Å². The average Bonchev–Trinajstić information content (AvgIpc) is 2.66. The van der Waals surface area contributed by atoms with Crippen LogP contribution in [0, 0.1) is 5.41 Å². The van der Waals surface area contributed by atoms with E-state index in [0.717, 1.165) is 25.7 Å². The van der Waals surface area contributed by atoms with Gasteiger partial charge in [0, 0.05) is 16.7 Å². The van der Waals surface area contributed by atoms with Crippen molar-refractivity contribution in [2.24, 2.45) is 5.41 Å². The summed E-state index contributed by atoms with van der Waals surface area (Å²) < 4.78 is 0. The molecule has 0 aliphatic heterocycles. The fourth-order valence-corrected chi connectivity index (χ4v) is 2.70. The molecule has 0 unspecified atom stereocenters. The van der Waals surface area contributed by atoms with Crippen molar-refractivity contribution >= 4 is 23.1 Å². The molecule has 1 aliphatic rings. The van der Waals surface area contributed by atoms with Gasteiger partial charge in [-0.15, -0.1) is 0 Å². The number of rotatable bonds is 2. The van der Waals surface area contributed by atoms with E-state index in [-0.39, 0.29) is 11.2 Å². The summed E-state index contributed by atoms with van der Waals surface area (Å²) in [7, 11) is 0. The number of nitrogen functional groups attached to an aromatic ring is 1. The summed E-state index contributed by atoms with van der Waals surface area (Å²) in [5.74, 6) is 0.162. The van der Waals surface area contributed by atoms with Gasteiger partial charge in [0.1, 0.15) is 0 Å². The summed E-state index contributed by atoms with van der Waals surface area (Å²) in [6, 6.07) is 5.12. The quantitative estimate of drug-likeness (QED) is 0.630. The second kappa shape index (κ2) is 4.10. The Morgan fingerprint density at radius 2 is 2.00 bits per heavy atom. The topological polar surface area (TPSA) is 43.1 Å². The number of halogens is 1. The molecule has 0 radical (unpaired) electrons. The Kier molecular flexibility index (Phi) is 2.94. The second-order valence-corrected chi connectivity index (χ2v) is 5.24. The zero-order valence-corrected chi connectivity index (χ0v) is 10.2. The van der Waals surface area contributed by atoms with Gasteiger partial charge < -0.3 is 5.73 Å². The SMILES string of the molecule is CC1(C(=O)c2ccc(N)cc2Cl)CCCC1. The number of benzene rings is 1. The van der Waals surface area contributed by atoms with Gasteiger partial charge in [-0.2, -0.15) is 0 Å². The van der Waals surface area contributed by atoms with Crippen molar-refractivity contribution < 1.29 is 4.79 Å². The van der Waals surface area contributed by atoms with Gasteiger partial charge in [-0.25, -0.2) is 0 Å². The molecule has 1 aromatic rings. The van der Waals surface area contributed by atoms with Crippen molar-refractivity contribution in [3.05, 3.63) is 28.8 Å². The second-order valence-electron chi connectivity index (χ2n) is 4.84. The van der Waals surface area contributed by atoms with E-state index < -0.39 is 0 Å². The van der Waals surface area contributed by atoms with Gasteiger partial charge in [0.25, 0.3) is 0 Å². The van der Waals surface area contributed by atoms with Crippen LogP contribution in [0.15, 0.2) is 18.2 Å². The number of nitrogens with two attached hydrogens (primary N) is 1. The van der Waals surface area contributed by atoms with Gasteiger partial charge in [-0.05, 0) is 31.0 Å². The maximum Gasteiger partial charge on any atom is 0.170 e. The highest BCUT2D eigenvalue weighted by Crippen LogP contribution is 2.41. The van der Waals surface area contributed by atoms with Gasteiger partial charge in [0.2, 0.25) is 0 Å². The maximum atomic E-state index is 12.4. The number of carbonyl (C=O) groups is 1. The first kappa shape index (κ1) is 11.5. The molecule has 1 saturated carbocycles. The number of hydrogen-bond acceptors (Lipinski definition) is 2. The molecule has 0 aromatic heterocycles. The molecule has 0 bridgehead atoms. The minimum absolute atomic E-state index is 0.162. The predicted molar refractivity (Wildman–Crippen MR) is 66.8 cm³/mol. The first-order valence-electron chi connectivity index (χ1n) is 5.63. The fourth-order valence-electron chi connectivity index (χ4n) is 2.42. The van der Waals surface area contributed by atoms with Crippen LogP contribution in [0.5, 0.6) is 0 Å². The minimum Gasteiger partial charge on any atom is -0.399 e. The molecule has 0 heterocycles. The van der Waals surface area contributed by atoms with Crippen molar-refractivity contribution in [1.82, 2.24) is 0 Å². The Hall–Kier alpha value is -1.02. The molecule has 3 heteroatoms. The Labute approximate surface area is 101 Å². The lowest BCUT2D eigenvalue weighted by Crippen LogP contribution is -2.24. The largest absolute Gasteiger partial charge is 0.399 e. The lowest BCUT2D eigenvalue weighted by molar-refractivity contribution is 0.0823. The molecule has 2 nitrogen and oxygen atoms in total. The van der Waals surface area contributed by atoms with E-state index in [9.17, 15) is 4.79 Å². The molecule has 0 atom stereocenters. The third-order valence-electron chi connectivity index (χ3n) is 3.49. The zero-order valence-electron chi connectivity index (χ0n) is 9.42. The molecular weight excluding hydrogens is 222 g/mol. The maximum absolute atomic E-state index is 12.4. The molecule has 2 N–H and O–H groups in total. The normalized spacial score (nSPS) is 18.6. The fraction of sp³-hybridized carbons (Fsp3) is 0.462. The molecular formula is C13H16ClNO. The third-order valence-corrected chi connectivity index (χ3v) is 3.81. The van der Waals surface area contributed by atoms with Gasteiger partial charge in [-0.1, -0.05) is 31.4 Å². The molecule has 0 spiro atoms. The molecule has 1 aliphatic carbocycles. The van der Waals surface area contributed by atoms with Crippen molar-refractivity contribution in [2.75, 3.05) is 5.73 Å². The first-order valence-corrected chi connectivity index (χ1v) is 6.00. The summed E-state index contributed by atoms with van der Waals surface area (Å²) in [4.78, 5) is 12.4. The number of anilines is 1. The zero-order chi connectivity index (χ0) is 11.8. The lowest BCUT2D eigenvalue weighted by atomic mass is 9.81. The Morgan fingerprint density at radius 1 is 1.38 bits per heavy atom. The number of hydrogen-bond donors (Lipinski definition) is 1. The van der Waals surface area contributed by atoms with Crippen LogP contribution in [0.3, 0.4) is 0 Å². The monoisotopic (exact) mass is 237 g/mol. The van der Waals surface area contributed by atoms with Crippen LogP contribution in [0.2, 0.25) is 5.02 Å². The van der Waals surface area contributed by atoms with Crippen LogP contribution in [0.4, 0.5) is 5.69 Å². The lowest BCUT2D eigenvalue weighted by Gasteiger charge is -2.22. The summed E-state index contributed by atoms with van der Waals surface area (Å²) in [5.41, 5.74) is 6.60. The Bertz CT molecular complexity index is 422. The van der Waals surface area contributed by atoms with Crippen molar-refractivity contribution in [3.8, 4) is 0 Å². The summed E-state index contributed by atoms with van der Waals surface area (Å²) in [6.07, 6.45) is 4.20. The molecule has 1 fully saturated rings. The van der Waals surface area contributed by atoms with Gasteiger partial charge in [-0.3, -0.25) is 4.79 Å². The number of carbonyl (C=O) groups excluding carboxylic acids is 1. The van der Waals surface area contributed by atoms with Gasteiger partial charge >= 0.3 is 0 Å². The minimum atomic E-state index is -0.222. The molecule has 16 heavy (non-hydrogen) atoms. The van der Waals surface area contributed by atoms with E-state index in [1.165, 1.54) is 0 Å².